The fraction of sp³-hybridized carbons (Fsp3) is 0.238. The summed E-state index contributed by atoms with van der Waals surface area (Å²) in [6, 6.07) is 19.9. The van der Waals surface area contributed by atoms with Crippen molar-refractivity contribution in [2.75, 3.05) is 0 Å². The number of nitrogens with zero attached hydrogens (tertiary/aromatic N) is 3. The number of para-hydroxylation sites is 2. The first-order valence-electron chi connectivity index (χ1n) is 8.50. The third-order valence-electron chi connectivity index (χ3n) is 4.51. The van der Waals surface area contributed by atoms with Crippen molar-refractivity contribution in [1.82, 2.24) is 14.0 Å². The highest BCUT2D eigenvalue weighted by Gasteiger charge is 2.20. The van der Waals surface area contributed by atoms with Crippen LogP contribution in [-0.2, 0) is 12.0 Å². The molecule has 0 N–H and O–H groups in total. The average molecular weight is 331 g/mol. The quantitative estimate of drug-likeness (QED) is 0.557. The van der Waals surface area contributed by atoms with Crippen LogP contribution in [0, 0.1) is 0 Å². The molecule has 0 fully saturated rings. The Morgan fingerprint density at radius 1 is 0.920 bits per heavy atom. The molecule has 2 aromatic heterocycles. The lowest BCUT2D eigenvalue weighted by Gasteiger charge is -2.17. The van der Waals surface area contributed by atoms with E-state index < -0.39 is 0 Å². The minimum Gasteiger partial charge on any atom is -0.305 e. The number of rotatable bonds is 2. The van der Waals surface area contributed by atoms with Crippen LogP contribution in [0.2, 0.25) is 0 Å². The van der Waals surface area contributed by atoms with Crippen molar-refractivity contribution in [2.24, 2.45) is 0 Å². The standard InChI is InChI=1S/C21H21N3O/c1-21(2,3)18-13-19(25)24-17-12-8-7-11-16(17)23(20(24)22-18)14-15-9-5-4-6-10-15/h4-13H,14H2,1-3H3. The molecule has 0 radical (unpaired) electrons. The maximum atomic E-state index is 12.8. The molecule has 0 spiro atoms. The summed E-state index contributed by atoms with van der Waals surface area (Å²) in [5.74, 6) is 0.697. The van der Waals surface area contributed by atoms with Gasteiger partial charge in [-0.15, -0.1) is 0 Å². The number of hydrogen-bond acceptors (Lipinski definition) is 2. The van der Waals surface area contributed by atoms with Crippen molar-refractivity contribution < 1.29 is 0 Å². The number of hydrogen-bond donors (Lipinski definition) is 0. The molecule has 126 valence electrons. The Morgan fingerprint density at radius 3 is 2.24 bits per heavy atom. The van der Waals surface area contributed by atoms with E-state index in [-0.39, 0.29) is 11.0 Å². The van der Waals surface area contributed by atoms with Crippen LogP contribution in [0.25, 0.3) is 16.8 Å². The van der Waals surface area contributed by atoms with Crippen molar-refractivity contribution in [3.63, 3.8) is 0 Å². The molecule has 2 heterocycles. The van der Waals surface area contributed by atoms with Crippen LogP contribution < -0.4 is 5.56 Å². The van der Waals surface area contributed by atoms with Crippen LogP contribution in [0.15, 0.2) is 65.5 Å². The number of imidazole rings is 1. The highest BCUT2D eigenvalue weighted by molar-refractivity contribution is 5.80. The summed E-state index contributed by atoms with van der Waals surface area (Å²) < 4.78 is 3.84. The molecule has 4 heteroatoms. The summed E-state index contributed by atoms with van der Waals surface area (Å²) in [7, 11) is 0. The number of benzene rings is 2. The van der Waals surface area contributed by atoms with Crippen LogP contribution in [0.5, 0.6) is 0 Å². The fourth-order valence-corrected chi connectivity index (χ4v) is 3.17. The van der Waals surface area contributed by atoms with E-state index >= 15 is 0 Å². The Hall–Kier alpha value is -2.88. The Morgan fingerprint density at radius 2 is 1.56 bits per heavy atom. The largest absolute Gasteiger partial charge is 0.305 e. The first-order valence-corrected chi connectivity index (χ1v) is 8.50. The number of fused-ring (bicyclic) bond motifs is 3. The molecular weight excluding hydrogens is 310 g/mol. The maximum absolute atomic E-state index is 12.8. The smallest absolute Gasteiger partial charge is 0.259 e. The second-order valence-electron chi connectivity index (χ2n) is 7.43. The summed E-state index contributed by atoms with van der Waals surface area (Å²) in [6.45, 7) is 6.91. The van der Waals surface area contributed by atoms with Crippen LogP contribution in [0.1, 0.15) is 32.0 Å². The van der Waals surface area contributed by atoms with E-state index in [0.717, 1.165) is 16.7 Å². The molecule has 25 heavy (non-hydrogen) atoms. The van der Waals surface area contributed by atoms with Gasteiger partial charge in [-0.1, -0.05) is 63.2 Å². The van der Waals surface area contributed by atoms with Gasteiger partial charge in [0, 0.05) is 11.5 Å². The second kappa shape index (κ2) is 5.59. The zero-order chi connectivity index (χ0) is 17.6. The zero-order valence-electron chi connectivity index (χ0n) is 14.7. The number of aromatic nitrogens is 3. The molecular formula is C21H21N3O. The highest BCUT2D eigenvalue weighted by atomic mass is 16.1. The molecule has 0 saturated heterocycles. The van der Waals surface area contributed by atoms with E-state index in [4.69, 9.17) is 4.98 Å². The van der Waals surface area contributed by atoms with Gasteiger partial charge in [0.25, 0.3) is 5.56 Å². The van der Waals surface area contributed by atoms with E-state index in [1.165, 1.54) is 5.56 Å². The Labute approximate surface area is 146 Å². The summed E-state index contributed by atoms with van der Waals surface area (Å²) in [5.41, 5.74) is 3.70. The van der Waals surface area contributed by atoms with Gasteiger partial charge in [0.15, 0.2) is 0 Å². The minimum atomic E-state index is -0.179. The predicted octanol–water partition coefficient (Wildman–Crippen LogP) is 4.00. The third kappa shape index (κ3) is 2.64. The van der Waals surface area contributed by atoms with E-state index in [2.05, 4.69) is 37.5 Å². The monoisotopic (exact) mass is 331 g/mol. The Balaban J connectivity index is 2.07. The average Bonchev–Trinajstić information content (AvgIpc) is 2.90. The van der Waals surface area contributed by atoms with Gasteiger partial charge in [0.05, 0.1) is 23.3 Å². The lowest BCUT2D eigenvalue weighted by molar-refractivity contribution is 0.566. The third-order valence-corrected chi connectivity index (χ3v) is 4.51. The van der Waals surface area contributed by atoms with Crippen LogP contribution in [-0.4, -0.2) is 14.0 Å². The molecule has 0 aliphatic rings. The van der Waals surface area contributed by atoms with Crippen LogP contribution in [0.3, 0.4) is 0 Å². The Bertz CT molecular complexity index is 1120. The lowest BCUT2D eigenvalue weighted by Crippen LogP contribution is -2.22. The molecule has 0 aliphatic carbocycles. The summed E-state index contributed by atoms with van der Waals surface area (Å²) in [5, 5.41) is 0. The molecule has 0 bridgehead atoms. The predicted molar refractivity (Wildman–Crippen MR) is 101 cm³/mol. The van der Waals surface area contributed by atoms with Crippen LogP contribution in [0.4, 0.5) is 0 Å². The molecule has 0 unspecified atom stereocenters. The minimum absolute atomic E-state index is 0.0297. The van der Waals surface area contributed by atoms with E-state index in [0.29, 0.717) is 12.3 Å². The van der Waals surface area contributed by atoms with Crippen molar-refractivity contribution in [1.29, 1.82) is 0 Å². The van der Waals surface area contributed by atoms with Crippen molar-refractivity contribution in [3.8, 4) is 0 Å². The maximum Gasteiger partial charge on any atom is 0.259 e. The Kier molecular flexibility index (Phi) is 3.49. The summed E-state index contributed by atoms with van der Waals surface area (Å²) in [4.78, 5) is 17.7. The first-order chi connectivity index (χ1) is 11.9. The molecule has 4 nitrogen and oxygen atoms in total. The lowest BCUT2D eigenvalue weighted by atomic mass is 9.92. The molecule has 0 saturated carbocycles. The van der Waals surface area contributed by atoms with Gasteiger partial charge >= 0.3 is 0 Å². The summed E-state index contributed by atoms with van der Waals surface area (Å²) >= 11 is 0. The molecule has 0 atom stereocenters. The second-order valence-corrected chi connectivity index (χ2v) is 7.43. The zero-order valence-corrected chi connectivity index (χ0v) is 14.7. The van der Waals surface area contributed by atoms with Crippen molar-refractivity contribution in [3.05, 3.63) is 82.3 Å². The van der Waals surface area contributed by atoms with Crippen molar-refractivity contribution in [2.45, 2.75) is 32.7 Å². The van der Waals surface area contributed by atoms with Crippen LogP contribution >= 0.6 is 0 Å². The van der Waals surface area contributed by atoms with Gasteiger partial charge in [-0.25, -0.2) is 9.38 Å². The van der Waals surface area contributed by atoms with Gasteiger partial charge in [0.1, 0.15) is 0 Å². The molecule has 4 aromatic rings. The van der Waals surface area contributed by atoms with Gasteiger partial charge in [-0.3, -0.25) is 4.79 Å². The van der Waals surface area contributed by atoms with E-state index in [9.17, 15) is 4.79 Å². The molecule has 0 aliphatic heterocycles. The first kappa shape index (κ1) is 15.6. The van der Waals surface area contributed by atoms with E-state index in [1.807, 2.05) is 42.5 Å². The van der Waals surface area contributed by atoms with Gasteiger partial charge in [-0.2, -0.15) is 0 Å². The van der Waals surface area contributed by atoms with Gasteiger partial charge in [-0.05, 0) is 17.7 Å². The van der Waals surface area contributed by atoms with Crippen molar-refractivity contribution >= 4 is 16.8 Å². The van der Waals surface area contributed by atoms with Gasteiger partial charge in [0.2, 0.25) is 5.78 Å². The van der Waals surface area contributed by atoms with Gasteiger partial charge < -0.3 is 4.57 Å². The molecule has 2 aromatic carbocycles. The topological polar surface area (TPSA) is 39.3 Å². The fourth-order valence-electron chi connectivity index (χ4n) is 3.17. The summed E-state index contributed by atoms with van der Waals surface area (Å²) in [6.07, 6.45) is 0. The SMILES string of the molecule is CC(C)(C)c1cc(=O)n2c3ccccc3n(Cc3ccccc3)c2n1. The molecule has 4 rings (SSSR count). The van der Waals surface area contributed by atoms with E-state index in [1.54, 1.807) is 10.5 Å². The normalized spacial score (nSPS) is 12.1. The highest BCUT2D eigenvalue weighted by Crippen LogP contribution is 2.23. The molecule has 0 amide bonds.